The maximum absolute atomic E-state index is 14.0. The van der Waals surface area contributed by atoms with Gasteiger partial charge < -0.3 is 5.32 Å². The number of aryl methyl sites for hydroxylation is 2. The Hall–Kier alpha value is -3.02. The van der Waals surface area contributed by atoms with Crippen molar-refractivity contribution in [3.63, 3.8) is 0 Å². The van der Waals surface area contributed by atoms with Gasteiger partial charge in [-0.05, 0) is 44.4 Å². The van der Waals surface area contributed by atoms with Crippen molar-refractivity contribution in [2.24, 2.45) is 0 Å². The number of nitrogens with one attached hydrogen (secondary N) is 2. The molecule has 0 atom stereocenters. The normalized spacial score (nSPS) is 13.6. The fraction of sp³-hybridized carbons (Fsp3) is 0.238. The molecule has 27 heavy (non-hydrogen) atoms. The maximum atomic E-state index is 14.0. The average Bonchev–Trinajstić information content (AvgIpc) is 3.37. The first kappa shape index (κ1) is 17.4. The molecular weight excluding hydrogens is 348 g/mol. The third-order valence-corrected chi connectivity index (χ3v) is 4.83. The molecule has 0 radical (unpaired) electrons. The van der Waals surface area contributed by atoms with Crippen LogP contribution in [0.15, 0.2) is 36.4 Å². The van der Waals surface area contributed by atoms with Crippen LogP contribution in [0.4, 0.5) is 14.5 Å². The summed E-state index contributed by atoms with van der Waals surface area (Å²) in [6.07, 6.45) is 2.03. The second-order valence-electron chi connectivity index (χ2n) is 7.03. The van der Waals surface area contributed by atoms with Crippen molar-refractivity contribution < 1.29 is 13.6 Å². The summed E-state index contributed by atoms with van der Waals surface area (Å²) in [5, 5.41) is 10.3. The molecule has 2 N–H and O–H groups in total. The van der Waals surface area contributed by atoms with E-state index in [1.165, 1.54) is 0 Å². The molecule has 3 aromatic rings. The third kappa shape index (κ3) is 3.35. The van der Waals surface area contributed by atoms with Gasteiger partial charge in [-0.2, -0.15) is 5.10 Å². The number of anilines is 1. The lowest BCUT2D eigenvalue weighted by atomic mass is 10.0. The Morgan fingerprint density at radius 2 is 1.93 bits per heavy atom. The van der Waals surface area contributed by atoms with Crippen LogP contribution in [0.5, 0.6) is 0 Å². The number of hydrogen-bond donors (Lipinski definition) is 2. The first-order chi connectivity index (χ1) is 12.9. The summed E-state index contributed by atoms with van der Waals surface area (Å²) >= 11 is 0. The molecule has 2 aromatic carbocycles. The van der Waals surface area contributed by atoms with Crippen LogP contribution in [0.2, 0.25) is 0 Å². The van der Waals surface area contributed by atoms with Gasteiger partial charge in [-0.3, -0.25) is 9.89 Å². The SMILES string of the molecule is Cc1ccc(-c2n[nH]c(C3CC3)c2NC(=O)c2ccc(F)cc2F)c(C)c1. The number of amides is 1. The molecule has 1 heterocycles. The van der Waals surface area contributed by atoms with Crippen molar-refractivity contribution >= 4 is 11.6 Å². The minimum Gasteiger partial charge on any atom is -0.318 e. The molecule has 1 aliphatic rings. The van der Waals surface area contributed by atoms with E-state index in [1.54, 1.807) is 0 Å². The summed E-state index contributed by atoms with van der Waals surface area (Å²) in [4.78, 5) is 12.6. The van der Waals surface area contributed by atoms with E-state index in [4.69, 9.17) is 0 Å². The summed E-state index contributed by atoms with van der Waals surface area (Å²) in [6, 6.07) is 8.92. The third-order valence-electron chi connectivity index (χ3n) is 4.83. The molecule has 4 rings (SSSR count). The van der Waals surface area contributed by atoms with Gasteiger partial charge >= 0.3 is 0 Å². The van der Waals surface area contributed by atoms with Crippen LogP contribution >= 0.6 is 0 Å². The molecule has 0 bridgehead atoms. The number of rotatable bonds is 4. The number of aromatic nitrogens is 2. The van der Waals surface area contributed by atoms with Crippen molar-refractivity contribution in [2.75, 3.05) is 5.32 Å². The zero-order valence-electron chi connectivity index (χ0n) is 15.1. The summed E-state index contributed by atoms with van der Waals surface area (Å²) in [5.74, 6) is -1.92. The molecule has 0 aliphatic heterocycles. The minimum absolute atomic E-state index is 0.203. The first-order valence-corrected chi connectivity index (χ1v) is 8.86. The Balaban J connectivity index is 1.75. The van der Waals surface area contributed by atoms with E-state index in [2.05, 4.69) is 15.5 Å². The predicted octanol–water partition coefficient (Wildman–Crippen LogP) is 5.10. The monoisotopic (exact) mass is 367 g/mol. The van der Waals surface area contributed by atoms with E-state index in [0.717, 1.165) is 47.4 Å². The zero-order valence-corrected chi connectivity index (χ0v) is 15.1. The van der Waals surface area contributed by atoms with Gasteiger partial charge in [0.2, 0.25) is 0 Å². The molecule has 0 spiro atoms. The van der Waals surface area contributed by atoms with Gasteiger partial charge in [-0.25, -0.2) is 8.78 Å². The second kappa shape index (κ2) is 6.61. The minimum atomic E-state index is -0.892. The lowest BCUT2D eigenvalue weighted by Gasteiger charge is -2.11. The average molecular weight is 367 g/mol. The van der Waals surface area contributed by atoms with Gasteiger partial charge in [0.1, 0.15) is 17.3 Å². The molecule has 1 aliphatic carbocycles. The molecule has 0 saturated heterocycles. The fourth-order valence-corrected chi connectivity index (χ4v) is 3.28. The van der Waals surface area contributed by atoms with Crippen molar-refractivity contribution in [3.8, 4) is 11.3 Å². The van der Waals surface area contributed by atoms with Crippen molar-refractivity contribution in [3.05, 3.63) is 70.4 Å². The van der Waals surface area contributed by atoms with E-state index < -0.39 is 17.5 Å². The fourth-order valence-electron chi connectivity index (χ4n) is 3.28. The van der Waals surface area contributed by atoms with E-state index in [1.807, 2.05) is 32.0 Å². The van der Waals surface area contributed by atoms with Crippen molar-refractivity contribution in [1.82, 2.24) is 10.2 Å². The van der Waals surface area contributed by atoms with Crippen LogP contribution in [0.25, 0.3) is 11.3 Å². The lowest BCUT2D eigenvalue weighted by Crippen LogP contribution is -2.15. The molecule has 1 amide bonds. The number of H-pyrrole nitrogens is 1. The van der Waals surface area contributed by atoms with Crippen LogP contribution < -0.4 is 5.32 Å². The van der Waals surface area contributed by atoms with Crippen LogP contribution in [0, 0.1) is 25.5 Å². The highest BCUT2D eigenvalue weighted by Crippen LogP contribution is 2.45. The van der Waals surface area contributed by atoms with Crippen LogP contribution in [0.3, 0.4) is 0 Å². The number of carbonyl (C=O) groups is 1. The van der Waals surface area contributed by atoms with E-state index in [-0.39, 0.29) is 5.56 Å². The number of nitrogens with zero attached hydrogens (tertiary/aromatic N) is 1. The Morgan fingerprint density at radius 1 is 1.15 bits per heavy atom. The van der Waals surface area contributed by atoms with E-state index >= 15 is 0 Å². The quantitative estimate of drug-likeness (QED) is 0.674. The van der Waals surface area contributed by atoms with Crippen LogP contribution in [0.1, 0.15) is 45.9 Å². The Kier molecular flexibility index (Phi) is 4.26. The molecule has 0 unspecified atom stereocenters. The zero-order chi connectivity index (χ0) is 19.1. The summed E-state index contributed by atoms with van der Waals surface area (Å²) in [7, 11) is 0. The van der Waals surface area contributed by atoms with Crippen LogP contribution in [-0.4, -0.2) is 16.1 Å². The number of benzene rings is 2. The standard InChI is InChI=1S/C21H19F2N3O/c1-11-3-7-15(12(2)9-11)19-20(18(25-26-19)13-4-5-13)24-21(27)16-8-6-14(22)10-17(16)23/h3,6-10,13H,4-5H2,1-2H3,(H,24,27)(H,25,26). The summed E-state index contributed by atoms with van der Waals surface area (Å²) in [6.45, 7) is 4.00. The van der Waals surface area contributed by atoms with Gasteiger partial charge in [-0.1, -0.05) is 23.8 Å². The Morgan fingerprint density at radius 3 is 2.59 bits per heavy atom. The van der Waals surface area contributed by atoms with E-state index in [0.29, 0.717) is 23.4 Å². The lowest BCUT2D eigenvalue weighted by molar-refractivity contribution is 0.102. The topological polar surface area (TPSA) is 57.8 Å². The van der Waals surface area contributed by atoms with E-state index in [9.17, 15) is 13.6 Å². The smallest absolute Gasteiger partial charge is 0.258 e. The molecule has 1 fully saturated rings. The Labute approximate surface area is 155 Å². The molecule has 4 nitrogen and oxygen atoms in total. The van der Waals surface area contributed by atoms with Gasteiger partial charge in [0.05, 0.1) is 16.9 Å². The largest absolute Gasteiger partial charge is 0.318 e. The maximum Gasteiger partial charge on any atom is 0.258 e. The van der Waals surface area contributed by atoms with Crippen molar-refractivity contribution in [2.45, 2.75) is 32.6 Å². The first-order valence-electron chi connectivity index (χ1n) is 8.86. The highest BCUT2D eigenvalue weighted by Gasteiger charge is 2.31. The molecule has 6 heteroatoms. The number of halogens is 2. The second-order valence-corrected chi connectivity index (χ2v) is 7.03. The number of carbonyl (C=O) groups excluding carboxylic acids is 1. The number of hydrogen-bond acceptors (Lipinski definition) is 2. The molecular formula is C21H19F2N3O. The summed E-state index contributed by atoms with van der Waals surface area (Å²) < 4.78 is 27.2. The molecule has 138 valence electrons. The van der Waals surface area contributed by atoms with Gasteiger partial charge in [0, 0.05) is 17.5 Å². The molecule has 1 saturated carbocycles. The van der Waals surface area contributed by atoms with Crippen LogP contribution in [-0.2, 0) is 0 Å². The summed E-state index contributed by atoms with van der Waals surface area (Å²) in [5.41, 5.74) is 4.91. The highest BCUT2D eigenvalue weighted by atomic mass is 19.1. The van der Waals surface area contributed by atoms with Gasteiger partial charge in [0.15, 0.2) is 0 Å². The van der Waals surface area contributed by atoms with Crippen molar-refractivity contribution in [1.29, 1.82) is 0 Å². The molecule has 1 aromatic heterocycles. The van der Waals surface area contributed by atoms with Gasteiger partial charge in [0.25, 0.3) is 5.91 Å². The predicted molar refractivity (Wildman–Crippen MR) is 99.8 cm³/mol. The Bertz CT molecular complexity index is 1040. The number of aromatic amines is 1. The highest BCUT2D eigenvalue weighted by molar-refractivity contribution is 6.06. The van der Waals surface area contributed by atoms with Gasteiger partial charge in [-0.15, -0.1) is 0 Å².